The molecule has 19 heavy (non-hydrogen) atoms. The van der Waals surface area contributed by atoms with Crippen molar-refractivity contribution >= 4 is 22.9 Å². The van der Waals surface area contributed by atoms with Crippen LogP contribution in [0.4, 0.5) is 0 Å². The Morgan fingerprint density at radius 1 is 1.42 bits per heavy atom. The van der Waals surface area contributed by atoms with E-state index in [1.807, 2.05) is 6.92 Å². The molecule has 100 valence electrons. The van der Waals surface area contributed by atoms with Crippen LogP contribution in [0.25, 0.3) is 11.0 Å². The lowest BCUT2D eigenvalue weighted by Crippen LogP contribution is -2.28. The van der Waals surface area contributed by atoms with Crippen LogP contribution >= 0.6 is 0 Å². The van der Waals surface area contributed by atoms with Crippen LogP contribution in [0.5, 0.6) is 0 Å². The number of carboxylic acid groups (broad SMARTS) is 1. The van der Waals surface area contributed by atoms with Gasteiger partial charge in [-0.1, -0.05) is 13.0 Å². The quantitative estimate of drug-likeness (QED) is 0.848. The monoisotopic (exact) mass is 261 g/mol. The van der Waals surface area contributed by atoms with Crippen LogP contribution in [0.2, 0.25) is 0 Å². The number of carboxylic acids is 1. The van der Waals surface area contributed by atoms with E-state index in [0.717, 1.165) is 6.42 Å². The van der Waals surface area contributed by atoms with Crippen molar-refractivity contribution in [3.05, 3.63) is 30.1 Å². The summed E-state index contributed by atoms with van der Waals surface area (Å²) in [6, 6.07) is 4.87. The van der Waals surface area contributed by atoms with Gasteiger partial charge in [0.15, 0.2) is 0 Å². The molecule has 2 aromatic rings. The number of para-hydroxylation sites is 1. The Hall–Kier alpha value is -2.37. The average Bonchev–Trinajstić information content (AvgIpc) is 2.79. The summed E-state index contributed by atoms with van der Waals surface area (Å²) < 4.78 is 1.56. The van der Waals surface area contributed by atoms with Gasteiger partial charge in [-0.05, 0) is 18.6 Å². The van der Waals surface area contributed by atoms with Gasteiger partial charge in [-0.25, -0.2) is 9.78 Å². The van der Waals surface area contributed by atoms with E-state index >= 15 is 0 Å². The first-order valence-corrected chi connectivity index (χ1v) is 6.07. The van der Waals surface area contributed by atoms with E-state index in [-0.39, 0.29) is 18.0 Å². The third-order valence-electron chi connectivity index (χ3n) is 2.75. The molecule has 6 nitrogen and oxygen atoms in total. The van der Waals surface area contributed by atoms with Crippen LogP contribution < -0.4 is 5.32 Å². The number of amides is 1. The first-order valence-electron chi connectivity index (χ1n) is 6.07. The van der Waals surface area contributed by atoms with Gasteiger partial charge in [0.1, 0.15) is 6.54 Å². The van der Waals surface area contributed by atoms with Crippen LogP contribution in [-0.4, -0.2) is 33.1 Å². The number of carbonyl (C=O) groups excluding carboxylic acids is 1. The summed E-state index contributed by atoms with van der Waals surface area (Å²) in [6.45, 7) is 2.65. The number of hydrogen-bond acceptors (Lipinski definition) is 3. The van der Waals surface area contributed by atoms with Gasteiger partial charge >= 0.3 is 5.97 Å². The smallest absolute Gasteiger partial charge is 0.337 e. The van der Waals surface area contributed by atoms with Crippen molar-refractivity contribution in [3.63, 3.8) is 0 Å². The van der Waals surface area contributed by atoms with Crippen molar-refractivity contribution in [2.24, 2.45) is 0 Å². The van der Waals surface area contributed by atoms with Crippen LogP contribution in [0, 0.1) is 0 Å². The Morgan fingerprint density at radius 3 is 2.89 bits per heavy atom. The topological polar surface area (TPSA) is 84.2 Å². The van der Waals surface area contributed by atoms with Crippen LogP contribution in [-0.2, 0) is 11.3 Å². The molecule has 0 aliphatic rings. The van der Waals surface area contributed by atoms with Gasteiger partial charge in [0.2, 0.25) is 5.91 Å². The molecule has 6 heteroatoms. The van der Waals surface area contributed by atoms with Gasteiger partial charge < -0.3 is 15.0 Å². The summed E-state index contributed by atoms with van der Waals surface area (Å²) in [4.78, 5) is 27.0. The Kier molecular flexibility index (Phi) is 3.79. The largest absolute Gasteiger partial charge is 0.478 e. The summed E-state index contributed by atoms with van der Waals surface area (Å²) in [5.41, 5.74) is 1.20. The molecule has 2 N–H and O–H groups in total. The van der Waals surface area contributed by atoms with E-state index in [1.54, 1.807) is 16.7 Å². The van der Waals surface area contributed by atoms with Crippen molar-refractivity contribution in [3.8, 4) is 0 Å². The number of imidazole rings is 1. The second-order valence-electron chi connectivity index (χ2n) is 4.20. The van der Waals surface area contributed by atoms with Gasteiger partial charge in [0.05, 0.1) is 22.9 Å². The number of aromatic carboxylic acids is 1. The van der Waals surface area contributed by atoms with Crippen molar-refractivity contribution in [2.45, 2.75) is 19.9 Å². The zero-order valence-electron chi connectivity index (χ0n) is 10.6. The molecule has 0 spiro atoms. The van der Waals surface area contributed by atoms with Gasteiger partial charge in [0.25, 0.3) is 0 Å². The maximum atomic E-state index is 11.7. The Balaban J connectivity index is 2.33. The summed E-state index contributed by atoms with van der Waals surface area (Å²) in [6.07, 6.45) is 2.35. The minimum atomic E-state index is -1.03. The SMILES string of the molecule is CCCNC(=O)Cn1cnc2cccc(C(=O)O)c21. The number of rotatable bonds is 5. The minimum Gasteiger partial charge on any atom is -0.478 e. The zero-order valence-corrected chi connectivity index (χ0v) is 10.6. The summed E-state index contributed by atoms with van der Waals surface area (Å²) >= 11 is 0. The molecule has 0 unspecified atom stereocenters. The number of benzene rings is 1. The fraction of sp³-hybridized carbons (Fsp3) is 0.308. The van der Waals surface area contributed by atoms with Gasteiger partial charge in [-0.2, -0.15) is 0 Å². The van der Waals surface area contributed by atoms with E-state index in [0.29, 0.717) is 17.6 Å². The molecular weight excluding hydrogens is 246 g/mol. The van der Waals surface area contributed by atoms with Gasteiger partial charge in [-0.15, -0.1) is 0 Å². The highest BCUT2D eigenvalue weighted by Crippen LogP contribution is 2.17. The molecule has 1 amide bonds. The summed E-state index contributed by atoms with van der Waals surface area (Å²) in [7, 11) is 0. The highest BCUT2D eigenvalue weighted by molar-refractivity contribution is 6.01. The van der Waals surface area contributed by atoms with Crippen molar-refractivity contribution in [2.75, 3.05) is 6.54 Å². The molecular formula is C13H15N3O3. The Morgan fingerprint density at radius 2 is 2.21 bits per heavy atom. The second kappa shape index (κ2) is 5.51. The van der Waals surface area contributed by atoms with Crippen LogP contribution in [0.3, 0.4) is 0 Å². The van der Waals surface area contributed by atoms with E-state index in [1.165, 1.54) is 12.4 Å². The first-order chi connectivity index (χ1) is 9.13. The third-order valence-corrected chi connectivity index (χ3v) is 2.75. The lowest BCUT2D eigenvalue weighted by atomic mass is 10.2. The summed E-state index contributed by atoms with van der Waals surface area (Å²) in [5, 5.41) is 11.9. The Labute approximate surface area is 110 Å². The fourth-order valence-corrected chi connectivity index (χ4v) is 1.89. The molecule has 0 radical (unpaired) electrons. The highest BCUT2D eigenvalue weighted by Gasteiger charge is 2.14. The van der Waals surface area contributed by atoms with E-state index < -0.39 is 5.97 Å². The fourth-order valence-electron chi connectivity index (χ4n) is 1.89. The van der Waals surface area contributed by atoms with E-state index in [9.17, 15) is 9.59 Å². The molecule has 0 aliphatic carbocycles. The molecule has 0 bridgehead atoms. The van der Waals surface area contributed by atoms with Crippen molar-refractivity contribution < 1.29 is 14.7 Å². The standard InChI is InChI=1S/C13H15N3O3/c1-2-6-14-11(17)7-16-8-15-10-5-3-4-9(12(10)16)13(18)19/h3-5,8H,2,6-7H2,1H3,(H,14,17)(H,18,19). The predicted octanol–water partition coefficient (Wildman–Crippen LogP) is 1.26. The molecule has 0 aliphatic heterocycles. The highest BCUT2D eigenvalue weighted by atomic mass is 16.4. The molecule has 1 aromatic carbocycles. The third kappa shape index (κ3) is 2.73. The van der Waals surface area contributed by atoms with E-state index in [4.69, 9.17) is 5.11 Å². The number of fused-ring (bicyclic) bond motifs is 1. The zero-order chi connectivity index (χ0) is 13.8. The van der Waals surface area contributed by atoms with Crippen LogP contribution in [0.1, 0.15) is 23.7 Å². The molecule has 1 heterocycles. The molecule has 2 rings (SSSR count). The molecule has 0 saturated heterocycles. The average molecular weight is 261 g/mol. The second-order valence-corrected chi connectivity index (χ2v) is 4.20. The lowest BCUT2D eigenvalue weighted by molar-refractivity contribution is -0.121. The van der Waals surface area contributed by atoms with Gasteiger partial charge in [-0.3, -0.25) is 4.79 Å². The minimum absolute atomic E-state index is 0.0702. The maximum absolute atomic E-state index is 11.7. The molecule has 1 aromatic heterocycles. The number of hydrogen-bond donors (Lipinski definition) is 2. The number of carbonyl (C=O) groups is 2. The number of nitrogens with one attached hydrogen (secondary N) is 1. The lowest BCUT2D eigenvalue weighted by Gasteiger charge is -2.07. The summed E-state index contributed by atoms with van der Waals surface area (Å²) in [5.74, 6) is -1.18. The molecule has 0 fully saturated rings. The molecule has 0 atom stereocenters. The van der Waals surface area contributed by atoms with Gasteiger partial charge in [0, 0.05) is 6.54 Å². The van der Waals surface area contributed by atoms with Crippen LogP contribution in [0.15, 0.2) is 24.5 Å². The Bertz CT molecular complexity index is 619. The van der Waals surface area contributed by atoms with E-state index in [2.05, 4.69) is 10.3 Å². The van der Waals surface area contributed by atoms with Crippen molar-refractivity contribution in [1.29, 1.82) is 0 Å². The number of aromatic nitrogens is 2. The molecule has 0 saturated carbocycles. The number of nitrogens with zero attached hydrogens (tertiary/aromatic N) is 2. The normalized spacial score (nSPS) is 10.6. The predicted molar refractivity (Wildman–Crippen MR) is 70.0 cm³/mol. The maximum Gasteiger partial charge on any atom is 0.337 e. The first kappa shape index (κ1) is 13.1. The van der Waals surface area contributed by atoms with Crippen molar-refractivity contribution in [1.82, 2.24) is 14.9 Å².